The maximum absolute atomic E-state index is 11.8. The Labute approximate surface area is 140 Å². The summed E-state index contributed by atoms with van der Waals surface area (Å²) in [5.41, 5.74) is 6.44. The van der Waals surface area contributed by atoms with E-state index in [1.807, 2.05) is 44.2 Å². The number of nitrogens with one attached hydrogen (secondary N) is 2. The van der Waals surface area contributed by atoms with Crippen molar-refractivity contribution in [3.63, 3.8) is 0 Å². The minimum atomic E-state index is -0.162. The van der Waals surface area contributed by atoms with Gasteiger partial charge >= 0.3 is 0 Å². The molecule has 0 aliphatic heterocycles. The summed E-state index contributed by atoms with van der Waals surface area (Å²) in [6.45, 7) is 3.86. The molecule has 0 atom stereocenters. The molecule has 2 N–H and O–H groups in total. The number of carbonyl (C=O) groups is 1. The number of hydrazone groups is 1. The lowest BCUT2D eigenvalue weighted by atomic mass is 10.1. The normalized spacial score (nSPS) is 11.9. The fourth-order valence-corrected chi connectivity index (χ4v) is 2.32. The molecule has 0 radical (unpaired) electrons. The lowest BCUT2D eigenvalue weighted by Crippen LogP contribution is -2.18. The first-order valence-electron chi connectivity index (χ1n) is 7.31. The number of aromatic amines is 1. The van der Waals surface area contributed by atoms with Crippen molar-refractivity contribution in [1.29, 1.82) is 0 Å². The van der Waals surface area contributed by atoms with E-state index in [1.54, 1.807) is 6.08 Å². The molecule has 0 aliphatic rings. The molecule has 0 saturated carbocycles. The van der Waals surface area contributed by atoms with E-state index in [4.69, 9.17) is 11.6 Å². The van der Waals surface area contributed by atoms with E-state index in [2.05, 4.69) is 20.7 Å². The topological polar surface area (TPSA) is 70.1 Å². The van der Waals surface area contributed by atoms with Gasteiger partial charge in [0.1, 0.15) is 0 Å². The second-order valence-corrected chi connectivity index (χ2v) is 5.58. The smallest absolute Gasteiger partial charge is 0.240 e. The molecule has 1 aromatic heterocycles. The Bertz CT molecular complexity index is 700. The summed E-state index contributed by atoms with van der Waals surface area (Å²) < 4.78 is 0. The first-order valence-corrected chi connectivity index (χ1v) is 7.68. The molecule has 0 spiro atoms. The van der Waals surface area contributed by atoms with Crippen LogP contribution in [0.4, 0.5) is 0 Å². The molecule has 0 unspecified atom stereocenters. The number of carbonyl (C=O) groups excluding carboxylic acids is 1. The van der Waals surface area contributed by atoms with Crippen LogP contribution < -0.4 is 5.43 Å². The van der Waals surface area contributed by atoms with Crippen LogP contribution in [0.3, 0.4) is 0 Å². The standard InChI is InChI=1S/C17H19ClN4O/c1-12-16(13(2)21-20-12)8-9-17(23)22-19-11-15(18)10-14-6-4-3-5-7-14/h3-7,10-11H,8-9H2,1-2H3,(H,20,21)(H,22,23). The molecule has 6 heteroatoms. The van der Waals surface area contributed by atoms with Crippen molar-refractivity contribution in [3.8, 4) is 0 Å². The van der Waals surface area contributed by atoms with E-state index in [9.17, 15) is 4.79 Å². The van der Waals surface area contributed by atoms with E-state index in [-0.39, 0.29) is 5.91 Å². The molecule has 2 aromatic rings. The average Bonchev–Trinajstić information content (AvgIpc) is 2.85. The van der Waals surface area contributed by atoms with Gasteiger partial charge in [-0.15, -0.1) is 0 Å². The number of benzene rings is 1. The zero-order valence-electron chi connectivity index (χ0n) is 13.1. The van der Waals surface area contributed by atoms with Crippen molar-refractivity contribution in [2.75, 3.05) is 0 Å². The summed E-state index contributed by atoms with van der Waals surface area (Å²) in [5, 5.41) is 11.3. The highest BCUT2D eigenvalue weighted by atomic mass is 35.5. The number of amides is 1. The molecule has 0 aliphatic carbocycles. The third-order valence-electron chi connectivity index (χ3n) is 3.36. The SMILES string of the molecule is Cc1n[nH]c(C)c1CCC(=O)NN=CC(Cl)=Cc1ccccc1. The Morgan fingerprint density at radius 1 is 1.35 bits per heavy atom. The summed E-state index contributed by atoms with van der Waals surface area (Å²) in [6.07, 6.45) is 4.16. The number of rotatable bonds is 6. The van der Waals surface area contributed by atoms with Gasteiger partial charge in [0, 0.05) is 12.1 Å². The second-order valence-electron chi connectivity index (χ2n) is 5.15. The maximum Gasteiger partial charge on any atom is 0.240 e. The number of halogens is 1. The molecule has 5 nitrogen and oxygen atoms in total. The number of hydrogen-bond donors (Lipinski definition) is 2. The van der Waals surface area contributed by atoms with E-state index in [0.29, 0.717) is 17.9 Å². The lowest BCUT2D eigenvalue weighted by Gasteiger charge is -2.01. The van der Waals surface area contributed by atoms with E-state index < -0.39 is 0 Å². The Hall–Kier alpha value is -2.40. The monoisotopic (exact) mass is 330 g/mol. The molecule has 2 rings (SSSR count). The number of hydrogen-bond acceptors (Lipinski definition) is 3. The number of H-pyrrole nitrogens is 1. The van der Waals surface area contributed by atoms with Crippen LogP contribution in [0, 0.1) is 13.8 Å². The minimum Gasteiger partial charge on any atom is -0.282 e. The van der Waals surface area contributed by atoms with Crippen molar-refractivity contribution >= 4 is 29.8 Å². The van der Waals surface area contributed by atoms with Gasteiger partial charge in [0.15, 0.2) is 0 Å². The van der Waals surface area contributed by atoms with Gasteiger partial charge in [-0.05, 0) is 37.5 Å². The summed E-state index contributed by atoms with van der Waals surface area (Å²) in [5.74, 6) is -0.162. The van der Waals surface area contributed by atoms with Gasteiger partial charge in [-0.25, -0.2) is 5.43 Å². The van der Waals surface area contributed by atoms with Gasteiger partial charge in [0.25, 0.3) is 0 Å². The molecule has 1 heterocycles. The Kier molecular flexibility index (Phi) is 6.11. The molecule has 0 fully saturated rings. The van der Waals surface area contributed by atoms with Gasteiger partial charge < -0.3 is 0 Å². The highest BCUT2D eigenvalue weighted by Crippen LogP contribution is 2.11. The first-order chi connectivity index (χ1) is 11.1. The quantitative estimate of drug-likeness (QED) is 0.630. The van der Waals surface area contributed by atoms with Gasteiger partial charge in [-0.3, -0.25) is 9.89 Å². The zero-order valence-corrected chi connectivity index (χ0v) is 13.9. The third-order valence-corrected chi connectivity index (χ3v) is 3.57. The van der Waals surface area contributed by atoms with Crippen LogP contribution in [0.2, 0.25) is 0 Å². The fraction of sp³-hybridized carbons (Fsp3) is 0.235. The Balaban J connectivity index is 1.81. The predicted molar refractivity (Wildman–Crippen MR) is 93.3 cm³/mol. The van der Waals surface area contributed by atoms with Crippen molar-refractivity contribution in [3.05, 3.63) is 57.9 Å². The third kappa shape index (κ3) is 5.38. The van der Waals surface area contributed by atoms with Crippen LogP contribution >= 0.6 is 11.6 Å². The van der Waals surface area contributed by atoms with E-state index in [1.165, 1.54) is 6.21 Å². The van der Waals surface area contributed by atoms with Gasteiger partial charge in [-0.1, -0.05) is 41.9 Å². The predicted octanol–water partition coefficient (Wildman–Crippen LogP) is 3.34. The van der Waals surface area contributed by atoms with Crippen molar-refractivity contribution in [2.24, 2.45) is 5.10 Å². The first kappa shape index (κ1) is 17.0. The average molecular weight is 331 g/mol. The molecular weight excluding hydrogens is 312 g/mol. The molecule has 1 aromatic carbocycles. The number of allylic oxidation sites excluding steroid dienone is 1. The van der Waals surface area contributed by atoms with Crippen LogP contribution in [0.5, 0.6) is 0 Å². The summed E-state index contributed by atoms with van der Waals surface area (Å²) >= 11 is 6.05. The highest BCUT2D eigenvalue weighted by molar-refractivity contribution is 6.41. The fourth-order valence-electron chi connectivity index (χ4n) is 2.15. The minimum absolute atomic E-state index is 0.162. The zero-order chi connectivity index (χ0) is 16.7. The molecule has 0 saturated heterocycles. The van der Waals surface area contributed by atoms with Crippen LogP contribution in [0.15, 0.2) is 40.5 Å². The Morgan fingerprint density at radius 2 is 2.09 bits per heavy atom. The van der Waals surface area contributed by atoms with Gasteiger partial charge in [0.2, 0.25) is 5.91 Å². The van der Waals surface area contributed by atoms with Crippen LogP contribution in [0.1, 0.15) is 28.9 Å². The molecular formula is C17H19ClN4O. The van der Waals surface area contributed by atoms with Crippen LogP contribution in [-0.4, -0.2) is 22.3 Å². The molecule has 120 valence electrons. The molecule has 23 heavy (non-hydrogen) atoms. The summed E-state index contributed by atoms with van der Waals surface area (Å²) in [7, 11) is 0. The second kappa shape index (κ2) is 8.29. The van der Waals surface area contributed by atoms with Gasteiger partial charge in [-0.2, -0.15) is 10.2 Å². The van der Waals surface area contributed by atoms with E-state index in [0.717, 1.165) is 22.5 Å². The van der Waals surface area contributed by atoms with Crippen LogP contribution in [0.25, 0.3) is 6.08 Å². The highest BCUT2D eigenvalue weighted by Gasteiger charge is 2.08. The maximum atomic E-state index is 11.8. The van der Waals surface area contributed by atoms with Gasteiger partial charge in [0.05, 0.1) is 16.9 Å². The van der Waals surface area contributed by atoms with Crippen molar-refractivity contribution in [2.45, 2.75) is 26.7 Å². The number of nitrogens with zero attached hydrogens (tertiary/aromatic N) is 2. The number of aryl methyl sites for hydroxylation is 2. The molecule has 1 amide bonds. The lowest BCUT2D eigenvalue weighted by molar-refractivity contribution is -0.121. The van der Waals surface area contributed by atoms with Crippen molar-refractivity contribution < 1.29 is 4.79 Å². The molecule has 0 bridgehead atoms. The van der Waals surface area contributed by atoms with Crippen molar-refractivity contribution in [1.82, 2.24) is 15.6 Å². The Morgan fingerprint density at radius 3 is 2.74 bits per heavy atom. The summed E-state index contributed by atoms with van der Waals surface area (Å²) in [6, 6.07) is 9.65. The van der Waals surface area contributed by atoms with Crippen LogP contribution in [-0.2, 0) is 11.2 Å². The summed E-state index contributed by atoms with van der Waals surface area (Å²) in [4.78, 5) is 11.8. The van der Waals surface area contributed by atoms with E-state index >= 15 is 0 Å². The number of aromatic nitrogens is 2. The largest absolute Gasteiger partial charge is 0.282 e.